The second kappa shape index (κ2) is 7.08. The van der Waals surface area contributed by atoms with Gasteiger partial charge in [0, 0.05) is 18.4 Å². The van der Waals surface area contributed by atoms with Crippen molar-refractivity contribution < 1.29 is 4.42 Å². The lowest BCUT2D eigenvalue weighted by molar-refractivity contribution is 0.429. The molecule has 0 atom stereocenters. The van der Waals surface area contributed by atoms with Crippen molar-refractivity contribution in [2.24, 2.45) is 0 Å². The van der Waals surface area contributed by atoms with Gasteiger partial charge in [-0.2, -0.15) is 5.26 Å². The van der Waals surface area contributed by atoms with Crippen LogP contribution in [0.1, 0.15) is 30.4 Å². The number of nitriles is 1. The monoisotopic (exact) mass is 288 g/mol. The Morgan fingerprint density at radius 1 is 1.40 bits per heavy atom. The van der Waals surface area contributed by atoms with Gasteiger partial charge < -0.3 is 9.73 Å². The van der Waals surface area contributed by atoms with Crippen LogP contribution in [0.4, 0.5) is 0 Å². The van der Waals surface area contributed by atoms with Crippen molar-refractivity contribution >= 4 is 11.8 Å². The van der Waals surface area contributed by atoms with Gasteiger partial charge in [0.15, 0.2) is 0 Å². The van der Waals surface area contributed by atoms with Crippen molar-refractivity contribution in [1.82, 2.24) is 15.5 Å². The maximum absolute atomic E-state index is 9.25. The van der Waals surface area contributed by atoms with Gasteiger partial charge in [-0.3, -0.25) is 0 Å². The normalized spacial score (nSPS) is 10.4. The summed E-state index contributed by atoms with van der Waals surface area (Å²) in [5.41, 5.74) is 1.72. The summed E-state index contributed by atoms with van der Waals surface area (Å²) >= 11 is 1.31. The first kappa shape index (κ1) is 14.6. The highest BCUT2D eigenvalue weighted by atomic mass is 32.2. The molecule has 0 fully saturated rings. The second-order valence-corrected chi connectivity index (χ2v) is 5.30. The van der Waals surface area contributed by atoms with E-state index >= 15 is 0 Å². The Morgan fingerprint density at radius 2 is 2.25 bits per heavy atom. The molecule has 1 aromatic heterocycles. The highest BCUT2D eigenvalue weighted by Crippen LogP contribution is 2.29. The molecule has 0 radical (unpaired) electrons. The van der Waals surface area contributed by atoms with Crippen LogP contribution in [0.25, 0.3) is 0 Å². The third-order valence-corrected chi connectivity index (χ3v) is 3.54. The minimum Gasteiger partial charge on any atom is -0.416 e. The maximum atomic E-state index is 9.25. The summed E-state index contributed by atoms with van der Waals surface area (Å²) in [6.45, 7) is 5.61. The van der Waals surface area contributed by atoms with Crippen LogP contribution >= 0.6 is 11.8 Å². The molecule has 0 spiro atoms. The van der Waals surface area contributed by atoms with E-state index < -0.39 is 0 Å². The Bertz CT molecular complexity index is 618. The van der Waals surface area contributed by atoms with E-state index in [2.05, 4.69) is 28.5 Å². The Balaban J connectivity index is 2.11. The van der Waals surface area contributed by atoms with E-state index in [9.17, 15) is 5.26 Å². The SMILES string of the molecule is CCCNCc1ccc(Sc2nnc(C)o2)c(C#N)c1. The largest absolute Gasteiger partial charge is 0.416 e. The van der Waals surface area contributed by atoms with Crippen LogP contribution in [-0.4, -0.2) is 16.7 Å². The molecule has 1 heterocycles. The topological polar surface area (TPSA) is 74.7 Å². The molecule has 0 aliphatic rings. The number of nitrogens with one attached hydrogen (secondary N) is 1. The number of rotatable bonds is 6. The minimum atomic E-state index is 0.454. The van der Waals surface area contributed by atoms with Crippen molar-refractivity contribution in [2.75, 3.05) is 6.54 Å². The number of aromatic nitrogens is 2. The molecule has 0 amide bonds. The predicted octanol–water partition coefficient (Wildman–Crippen LogP) is 2.90. The summed E-state index contributed by atoms with van der Waals surface area (Å²) in [6.07, 6.45) is 1.09. The second-order valence-electron chi connectivity index (χ2n) is 4.31. The summed E-state index contributed by atoms with van der Waals surface area (Å²) in [6, 6.07) is 8.04. The summed E-state index contributed by atoms with van der Waals surface area (Å²) in [5, 5.41) is 20.7. The molecule has 5 nitrogen and oxygen atoms in total. The lowest BCUT2D eigenvalue weighted by Crippen LogP contribution is -2.13. The number of hydrogen-bond donors (Lipinski definition) is 1. The molecule has 0 saturated heterocycles. The fraction of sp³-hybridized carbons (Fsp3) is 0.357. The summed E-state index contributed by atoms with van der Waals surface area (Å²) < 4.78 is 5.32. The molecule has 0 unspecified atom stereocenters. The number of benzene rings is 1. The molecular formula is C14H16N4OS. The Hall–Kier alpha value is -1.84. The first-order valence-corrected chi connectivity index (χ1v) is 7.26. The van der Waals surface area contributed by atoms with E-state index in [0.717, 1.165) is 30.0 Å². The molecule has 2 rings (SSSR count). The van der Waals surface area contributed by atoms with Gasteiger partial charge in [0.05, 0.1) is 5.56 Å². The molecule has 104 valence electrons. The first-order valence-electron chi connectivity index (χ1n) is 6.44. The molecule has 0 bridgehead atoms. The highest BCUT2D eigenvalue weighted by Gasteiger charge is 2.10. The van der Waals surface area contributed by atoms with E-state index in [0.29, 0.717) is 16.7 Å². The van der Waals surface area contributed by atoms with Crippen LogP contribution in [0.15, 0.2) is 32.7 Å². The van der Waals surface area contributed by atoms with Crippen molar-refractivity contribution in [2.45, 2.75) is 36.9 Å². The smallest absolute Gasteiger partial charge is 0.281 e. The lowest BCUT2D eigenvalue weighted by Gasteiger charge is -2.06. The van der Waals surface area contributed by atoms with E-state index in [1.165, 1.54) is 11.8 Å². The highest BCUT2D eigenvalue weighted by molar-refractivity contribution is 7.99. The van der Waals surface area contributed by atoms with Crippen LogP contribution in [0.5, 0.6) is 0 Å². The van der Waals surface area contributed by atoms with Gasteiger partial charge in [-0.25, -0.2) is 0 Å². The minimum absolute atomic E-state index is 0.454. The van der Waals surface area contributed by atoms with Gasteiger partial charge in [0.25, 0.3) is 5.22 Å². The molecule has 0 aliphatic carbocycles. The summed E-state index contributed by atoms with van der Waals surface area (Å²) in [4.78, 5) is 0.829. The predicted molar refractivity (Wildman–Crippen MR) is 76.3 cm³/mol. The Morgan fingerprint density at radius 3 is 2.90 bits per heavy atom. The first-order chi connectivity index (χ1) is 9.72. The fourth-order valence-corrected chi connectivity index (χ4v) is 2.47. The molecule has 0 saturated carbocycles. The fourth-order valence-electron chi connectivity index (χ4n) is 1.69. The van der Waals surface area contributed by atoms with Gasteiger partial charge in [-0.1, -0.05) is 13.0 Å². The van der Waals surface area contributed by atoms with Gasteiger partial charge in [0.2, 0.25) is 5.89 Å². The van der Waals surface area contributed by atoms with Gasteiger partial charge in [-0.05, 0) is 42.4 Å². The van der Waals surface area contributed by atoms with Gasteiger partial charge in [-0.15, -0.1) is 10.2 Å². The Labute approximate surface area is 122 Å². The average Bonchev–Trinajstić information content (AvgIpc) is 2.86. The summed E-state index contributed by atoms with van der Waals surface area (Å²) in [5.74, 6) is 0.520. The Kier molecular flexibility index (Phi) is 5.16. The van der Waals surface area contributed by atoms with E-state index in [1.807, 2.05) is 18.2 Å². The molecule has 1 aromatic carbocycles. The number of nitrogens with zero attached hydrogens (tertiary/aromatic N) is 3. The zero-order chi connectivity index (χ0) is 14.4. The quantitative estimate of drug-likeness (QED) is 0.824. The van der Waals surface area contributed by atoms with Crippen LogP contribution in [0.3, 0.4) is 0 Å². The van der Waals surface area contributed by atoms with E-state index in [-0.39, 0.29) is 0 Å². The summed E-state index contributed by atoms with van der Waals surface area (Å²) in [7, 11) is 0. The van der Waals surface area contributed by atoms with Crippen molar-refractivity contribution in [3.8, 4) is 6.07 Å². The molecule has 6 heteroatoms. The third kappa shape index (κ3) is 3.83. The van der Waals surface area contributed by atoms with Crippen LogP contribution < -0.4 is 5.32 Å². The van der Waals surface area contributed by atoms with Crippen LogP contribution in [0, 0.1) is 18.3 Å². The van der Waals surface area contributed by atoms with E-state index in [4.69, 9.17) is 4.42 Å². The average molecular weight is 288 g/mol. The molecule has 1 N–H and O–H groups in total. The zero-order valence-corrected chi connectivity index (χ0v) is 12.3. The number of aryl methyl sites for hydroxylation is 1. The third-order valence-electron chi connectivity index (χ3n) is 2.63. The molecule has 20 heavy (non-hydrogen) atoms. The van der Waals surface area contributed by atoms with Gasteiger partial charge in [0.1, 0.15) is 6.07 Å². The maximum Gasteiger partial charge on any atom is 0.281 e. The van der Waals surface area contributed by atoms with Gasteiger partial charge >= 0.3 is 0 Å². The van der Waals surface area contributed by atoms with Crippen molar-refractivity contribution in [3.63, 3.8) is 0 Å². The zero-order valence-electron chi connectivity index (χ0n) is 11.5. The lowest BCUT2D eigenvalue weighted by atomic mass is 10.1. The standard InChI is InChI=1S/C14H16N4OS/c1-3-6-16-9-11-4-5-13(12(7-11)8-15)20-14-18-17-10(2)19-14/h4-5,7,16H,3,6,9H2,1-2H3. The van der Waals surface area contributed by atoms with Crippen molar-refractivity contribution in [3.05, 3.63) is 35.2 Å². The van der Waals surface area contributed by atoms with Crippen LogP contribution in [-0.2, 0) is 6.54 Å². The van der Waals surface area contributed by atoms with E-state index in [1.54, 1.807) is 6.92 Å². The molecule has 2 aromatic rings. The van der Waals surface area contributed by atoms with Crippen molar-refractivity contribution in [1.29, 1.82) is 5.26 Å². The molecule has 0 aliphatic heterocycles. The van der Waals surface area contributed by atoms with Crippen LogP contribution in [0.2, 0.25) is 0 Å². The number of hydrogen-bond acceptors (Lipinski definition) is 6. The molecular weight excluding hydrogens is 272 g/mol.